The van der Waals surface area contributed by atoms with E-state index in [1.807, 2.05) is 13.0 Å². The molecule has 88 valence electrons. The summed E-state index contributed by atoms with van der Waals surface area (Å²) < 4.78 is 10.4. The molecule has 0 radical (unpaired) electrons. The Kier molecular flexibility index (Phi) is 5.65. The molecule has 1 aromatic rings. The summed E-state index contributed by atoms with van der Waals surface area (Å²) in [7, 11) is 0. The van der Waals surface area contributed by atoms with Crippen LogP contribution in [0.5, 0.6) is 0 Å². The largest absolute Gasteiger partial charge is 0.467 e. The molecule has 1 aromatic heterocycles. The first kappa shape index (κ1) is 12.8. The highest BCUT2D eigenvalue weighted by atomic mass is 16.5. The SMILES string of the molecule is C#CC(C)NCC(O)COCc1ccco1. The normalized spacial score (nSPS) is 14.3. The van der Waals surface area contributed by atoms with Gasteiger partial charge in [-0.25, -0.2) is 0 Å². The minimum atomic E-state index is -0.564. The second-order valence-electron chi connectivity index (χ2n) is 3.54. The van der Waals surface area contributed by atoms with E-state index in [9.17, 15) is 5.11 Å². The van der Waals surface area contributed by atoms with Crippen LogP contribution in [-0.4, -0.2) is 30.4 Å². The summed E-state index contributed by atoms with van der Waals surface area (Å²) in [6.07, 6.45) is 6.21. The molecule has 0 spiro atoms. The van der Waals surface area contributed by atoms with Crippen LogP contribution in [0, 0.1) is 12.3 Å². The second kappa shape index (κ2) is 7.07. The lowest BCUT2D eigenvalue weighted by molar-refractivity contribution is 0.0223. The molecule has 4 nitrogen and oxygen atoms in total. The molecule has 0 bridgehead atoms. The summed E-state index contributed by atoms with van der Waals surface area (Å²) in [5.41, 5.74) is 0. The van der Waals surface area contributed by atoms with Gasteiger partial charge in [0.15, 0.2) is 0 Å². The van der Waals surface area contributed by atoms with E-state index in [1.54, 1.807) is 12.3 Å². The number of furan rings is 1. The zero-order chi connectivity index (χ0) is 11.8. The molecule has 16 heavy (non-hydrogen) atoms. The van der Waals surface area contributed by atoms with Crippen molar-refractivity contribution in [2.24, 2.45) is 0 Å². The van der Waals surface area contributed by atoms with E-state index in [-0.39, 0.29) is 12.6 Å². The van der Waals surface area contributed by atoms with E-state index in [0.717, 1.165) is 5.76 Å². The minimum absolute atomic E-state index is 0.0419. The smallest absolute Gasteiger partial charge is 0.129 e. The summed E-state index contributed by atoms with van der Waals surface area (Å²) in [4.78, 5) is 0. The van der Waals surface area contributed by atoms with Gasteiger partial charge >= 0.3 is 0 Å². The maximum Gasteiger partial charge on any atom is 0.129 e. The van der Waals surface area contributed by atoms with Crippen molar-refractivity contribution in [1.29, 1.82) is 0 Å². The zero-order valence-electron chi connectivity index (χ0n) is 9.35. The van der Waals surface area contributed by atoms with Crippen LogP contribution in [0.3, 0.4) is 0 Å². The van der Waals surface area contributed by atoms with Crippen molar-refractivity contribution in [1.82, 2.24) is 5.32 Å². The topological polar surface area (TPSA) is 54.6 Å². The Hall–Kier alpha value is -1.28. The molecule has 0 aromatic carbocycles. The molecular weight excluding hydrogens is 206 g/mol. The Morgan fingerprint density at radius 3 is 3.12 bits per heavy atom. The molecule has 0 aliphatic rings. The molecule has 4 heteroatoms. The molecule has 1 rings (SSSR count). The Balaban J connectivity index is 2.07. The van der Waals surface area contributed by atoms with Gasteiger partial charge in [0.05, 0.1) is 25.0 Å². The number of ether oxygens (including phenoxy) is 1. The predicted molar refractivity (Wildman–Crippen MR) is 60.7 cm³/mol. The quantitative estimate of drug-likeness (QED) is 0.670. The van der Waals surface area contributed by atoms with Gasteiger partial charge in [-0.2, -0.15) is 0 Å². The maximum atomic E-state index is 9.54. The lowest BCUT2D eigenvalue weighted by Crippen LogP contribution is -2.35. The number of aliphatic hydroxyl groups excluding tert-OH is 1. The Bertz CT molecular complexity index is 316. The summed E-state index contributed by atoms with van der Waals surface area (Å²) in [5, 5.41) is 12.5. The first-order valence-electron chi connectivity index (χ1n) is 5.20. The molecule has 2 N–H and O–H groups in total. The lowest BCUT2D eigenvalue weighted by atomic mass is 10.3. The van der Waals surface area contributed by atoms with Crippen LogP contribution < -0.4 is 5.32 Å². The second-order valence-corrected chi connectivity index (χ2v) is 3.54. The van der Waals surface area contributed by atoms with E-state index in [2.05, 4.69) is 11.2 Å². The number of aliphatic hydroxyl groups is 1. The molecule has 0 saturated heterocycles. The van der Waals surface area contributed by atoms with Crippen molar-refractivity contribution in [3.05, 3.63) is 24.2 Å². The average molecular weight is 223 g/mol. The number of hydrogen-bond acceptors (Lipinski definition) is 4. The first-order chi connectivity index (χ1) is 7.72. The highest BCUT2D eigenvalue weighted by Crippen LogP contribution is 2.01. The van der Waals surface area contributed by atoms with Crippen molar-refractivity contribution in [3.8, 4) is 12.3 Å². The Labute approximate surface area is 95.6 Å². The van der Waals surface area contributed by atoms with E-state index in [1.165, 1.54) is 0 Å². The van der Waals surface area contributed by atoms with Crippen molar-refractivity contribution in [2.75, 3.05) is 13.2 Å². The van der Waals surface area contributed by atoms with Crippen LogP contribution >= 0.6 is 0 Å². The summed E-state index contributed by atoms with van der Waals surface area (Å²) >= 11 is 0. The molecule has 2 atom stereocenters. The van der Waals surface area contributed by atoms with Gasteiger partial charge in [-0.1, -0.05) is 5.92 Å². The third-order valence-electron chi connectivity index (χ3n) is 2.04. The zero-order valence-corrected chi connectivity index (χ0v) is 9.35. The molecule has 0 aliphatic carbocycles. The fourth-order valence-electron chi connectivity index (χ4n) is 1.12. The average Bonchev–Trinajstić information content (AvgIpc) is 2.79. The van der Waals surface area contributed by atoms with Crippen molar-refractivity contribution in [3.63, 3.8) is 0 Å². The fourth-order valence-corrected chi connectivity index (χ4v) is 1.12. The standard InChI is InChI=1S/C12H17NO3/c1-3-10(2)13-7-11(14)8-15-9-12-5-4-6-16-12/h1,4-6,10-11,13-14H,7-9H2,2H3. The van der Waals surface area contributed by atoms with Crippen molar-refractivity contribution >= 4 is 0 Å². The van der Waals surface area contributed by atoms with Crippen LogP contribution in [0.4, 0.5) is 0 Å². The van der Waals surface area contributed by atoms with Crippen LogP contribution in [0.1, 0.15) is 12.7 Å². The van der Waals surface area contributed by atoms with Gasteiger partial charge in [-0.15, -0.1) is 6.42 Å². The van der Waals surface area contributed by atoms with E-state index < -0.39 is 6.10 Å². The number of hydrogen-bond donors (Lipinski definition) is 2. The Morgan fingerprint density at radius 2 is 2.50 bits per heavy atom. The molecule has 1 heterocycles. The van der Waals surface area contributed by atoms with Gasteiger partial charge < -0.3 is 19.6 Å². The predicted octanol–water partition coefficient (Wildman–Crippen LogP) is 0.768. The fraction of sp³-hybridized carbons (Fsp3) is 0.500. The highest BCUT2D eigenvalue weighted by Gasteiger charge is 2.06. The van der Waals surface area contributed by atoms with E-state index in [0.29, 0.717) is 13.2 Å². The van der Waals surface area contributed by atoms with Crippen LogP contribution in [-0.2, 0) is 11.3 Å². The molecule has 0 saturated carbocycles. The summed E-state index contributed by atoms with van der Waals surface area (Å²) in [6.45, 7) is 2.90. The van der Waals surface area contributed by atoms with Gasteiger partial charge in [-0.05, 0) is 19.1 Å². The molecule has 0 fully saturated rings. The Morgan fingerprint density at radius 1 is 1.69 bits per heavy atom. The van der Waals surface area contributed by atoms with E-state index in [4.69, 9.17) is 15.6 Å². The number of terminal acetylenes is 1. The summed E-state index contributed by atoms with van der Waals surface area (Å²) in [6, 6.07) is 3.58. The monoisotopic (exact) mass is 223 g/mol. The van der Waals surface area contributed by atoms with Crippen molar-refractivity contribution in [2.45, 2.75) is 25.7 Å². The van der Waals surface area contributed by atoms with Crippen LogP contribution in [0.15, 0.2) is 22.8 Å². The molecular formula is C12H17NO3. The summed E-state index contributed by atoms with van der Waals surface area (Å²) in [5.74, 6) is 3.27. The maximum absolute atomic E-state index is 9.54. The third-order valence-corrected chi connectivity index (χ3v) is 2.04. The van der Waals surface area contributed by atoms with E-state index >= 15 is 0 Å². The lowest BCUT2D eigenvalue weighted by Gasteiger charge is -2.13. The minimum Gasteiger partial charge on any atom is -0.467 e. The van der Waals surface area contributed by atoms with Gasteiger partial charge in [0.1, 0.15) is 12.4 Å². The molecule has 0 amide bonds. The third kappa shape index (κ3) is 4.99. The first-order valence-corrected chi connectivity index (χ1v) is 5.20. The van der Waals surface area contributed by atoms with Gasteiger partial charge in [0.25, 0.3) is 0 Å². The molecule has 0 aliphatic heterocycles. The molecule has 2 unspecified atom stereocenters. The number of rotatable bonds is 7. The highest BCUT2D eigenvalue weighted by molar-refractivity contribution is 4.96. The number of nitrogens with one attached hydrogen (secondary N) is 1. The van der Waals surface area contributed by atoms with Crippen molar-refractivity contribution < 1.29 is 14.3 Å². The van der Waals surface area contributed by atoms with Crippen LogP contribution in [0.25, 0.3) is 0 Å². The van der Waals surface area contributed by atoms with Gasteiger partial charge in [0, 0.05) is 6.54 Å². The van der Waals surface area contributed by atoms with Gasteiger partial charge in [0.2, 0.25) is 0 Å². The van der Waals surface area contributed by atoms with Crippen LogP contribution in [0.2, 0.25) is 0 Å². The van der Waals surface area contributed by atoms with Gasteiger partial charge in [-0.3, -0.25) is 0 Å².